The number of nitrogens with zero attached hydrogens (tertiary/aromatic N) is 1. The lowest BCUT2D eigenvalue weighted by Gasteiger charge is -2.17. The van der Waals surface area contributed by atoms with Crippen molar-refractivity contribution in [3.63, 3.8) is 0 Å². The molecule has 0 aromatic heterocycles. The fraction of sp³-hybridized carbons (Fsp3) is 0.214. The largest absolute Gasteiger partial charge is 0.490 e. The predicted molar refractivity (Wildman–Crippen MR) is 134 cm³/mol. The van der Waals surface area contributed by atoms with Crippen LogP contribution in [0.25, 0.3) is 5.57 Å². The van der Waals surface area contributed by atoms with Gasteiger partial charge in [0.2, 0.25) is 0 Å². The lowest BCUT2D eigenvalue weighted by Crippen LogP contribution is -2.32. The Hall–Kier alpha value is -4.06. The third-order valence-electron chi connectivity index (χ3n) is 5.71. The number of anilines is 2. The average molecular weight is 457 g/mol. The van der Waals surface area contributed by atoms with Gasteiger partial charge in [-0.05, 0) is 68.7 Å². The summed E-state index contributed by atoms with van der Waals surface area (Å²) in [5.41, 5.74) is 4.50. The van der Waals surface area contributed by atoms with Crippen LogP contribution in [0.5, 0.6) is 11.5 Å². The minimum absolute atomic E-state index is 0.223. The molecule has 4 rings (SSSR count). The van der Waals surface area contributed by atoms with Gasteiger partial charge in [-0.15, -0.1) is 0 Å². The summed E-state index contributed by atoms with van der Waals surface area (Å²) >= 11 is 0. The van der Waals surface area contributed by atoms with E-state index in [1.807, 2.05) is 70.2 Å². The van der Waals surface area contributed by atoms with Gasteiger partial charge in [0.05, 0.1) is 24.5 Å². The SMILES string of the molecule is CCOc1ccc(NC2=C(c3ccccc3)C(=O)N(c3ccc(C)c(C)c3)C2=O)cc1OCC. The quantitative estimate of drug-likeness (QED) is 0.454. The molecule has 0 fully saturated rings. The van der Waals surface area contributed by atoms with Crippen molar-refractivity contribution in [2.75, 3.05) is 23.4 Å². The van der Waals surface area contributed by atoms with Gasteiger partial charge >= 0.3 is 0 Å². The normalized spacial score (nSPS) is 13.5. The number of hydrogen-bond donors (Lipinski definition) is 1. The van der Waals surface area contributed by atoms with Crippen molar-refractivity contribution in [1.29, 1.82) is 0 Å². The molecule has 1 N–H and O–H groups in total. The number of hydrogen-bond acceptors (Lipinski definition) is 5. The highest BCUT2D eigenvalue weighted by atomic mass is 16.5. The molecule has 1 heterocycles. The van der Waals surface area contributed by atoms with Gasteiger partial charge in [-0.25, -0.2) is 4.90 Å². The van der Waals surface area contributed by atoms with E-state index in [0.717, 1.165) is 11.1 Å². The molecule has 1 aliphatic heterocycles. The summed E-state index contributed by atoms with van der Waals surface area (Å²) in [6.45, 7) is 8.74. The van der Waals surface area contributed by atoms with Crippen molar-refractivity contribution in [2.24, 2.45) is 0 Å². The number of rotatable bonds is 8. The molecule has 3 aromatic rings. The van der Waals surface area contributed by atoms with E-state index in [1.54, 1.807) is 24.3 Å². The maximum atomic E-state index is 13.6. The van der Waals surface area contributed by atoms with Crippen LogP contribution in [-0.2, 0) is 9.59 Å². The first-order valence-electron chi connectivity index (χ1n) is 11.4. The van der Waals surface area contributed by atoms with Gasteiger partial charge < -0.3 is 14.8 Å². The molecule has 0 aliphatic carbocycles. The zero-order chi connectivity index (χ0) is 24.2. The molecule has 0 spiro atoms. The Labute approximate surface area is 199 Å². The average Bonchev–Trinajstić information content (AvgIpc) is 3.07. The summed E-state index contributed by atoms with van der Waals surface area (Å²) in [6.07, 6.45) is 0. The number of imide groups is 1. The van der Waals surface area contributed by atoms with Crippen LogP contribution in [0.3, 0.4) is 0 Å². The van der Waals surface area contributed by atoms with Crippen molar-refractivity contribution >= 4 is 28.8 Å². The van der Waals surface area contributed by atoms with Gasteiger partial charge in [0.1, 0.15) is 5.70 Å². The number of ether oxygens (including phenoxy) is 2. The monoisotopic (exact) mass is 456 g/mol. The third kappa shape index (κ3) is 4.39. The fourth-order valence-electron chi connectivity index (χ4n) is 3.89. The topological polar surface area (TPSA) is 67.9 Å². The second kappa shape index (κ2) is 9.83. The van der Waals surface area contributed by atoms with Crippen LogP contribution in [0, 0.1) is 13.8 Å². The summed E-state index contributed by atoms with van der Waals surface area (Å²) < 4.78 is 11.4. The molecule has 0 saturated carbocycles. The predicted octanol–water partition coefficient (Wildman–Crippen LogP) is 5.50. The number of carbonyl (C=O) groups excluding carboxylic acids is 2. The summed E-state index contributed by atoms with van der Waals surface area (Å²) in [4.78, 5) is 28.4. The van der Waals surface area contributed by atoms with Crippen LogP contribution >= 0.6 is 0 Å². The van der Waals surface area contributed by atoms with Gasteiger partial charge in [0.25, 0.3) is 11.8 Å². The highest BCUT2D eigenvalue weighted by Crippen LogP contribution is 2.36. The molecule has 174 valence electrons. The maximum absolute atomic E-state index is 13.6. The van der Waals surface area contributed by atoms with Gasteiger partial charge in [-0.1, -0.05) is 36.4 Å². The van der Waals surface area contributed by atoms with Gasteiger partial charge in [-0.2, -0.15) is 0 Å². The van der Waals surface area contributed by atoms with E-state index in [2.05, 4.69) is 5.32 Å². The van der Waals surface area contributed by atoms with E-state index < -0.39 is 5.91 Å². The minimum atomic E-state index is -0.404. The molecule has 0 radical (unpaired) electrons. The Morgan fingerprint density at radius 2 is 1.47 bits per heavy atom. The van der Waals surface area contributed by atoms with E-state index in [4.69, 9.17) is 9.47 Å². The summed E-state index contributed by atoms with van der Waals surface area (Å²) in [5, 5.41) is 3.20. The first-order chi connectivity index (χ1) is 16.4. The second-order valence-electron chi connectivity index (χ2n) is 7.98. The third-order valence-corrected chi connectivity index (χ3v) is 5.71. The molecular formula is C28H28N2O4. The molecule has 6 heteroatoms. The molecule has 0 saturated heterocycles. The summed E-state index contributed by atoms with van der Waals surface area (Å²) in [5.74, 6) is 0.425. The highest BCUT2D eigenvalue weighted by molar-refractivity contribution is 6.46. The van der Waals surface area contributed by atoms with Crippen LogP contribution in [0.2, 0.25) is 0 Å². The molecule has 3 aromatic carbocycles. The molecule has 0 bridgehead atoms. The zero-order valence-corrected chi connectivity index (χ0v) is 19.8. The Balaban J connectivity index is 1.78. The lowest BCUT2D eigenvalue weighted by molar-refractivity contribution is -0.120. The van der Waals surface area contributed by atoms with Crippen LogP contribution in [0.15, 0.2) is 72.4 Å². The molecule has 2 amide bonds. The molecular weight excluding hydrogens is 428 g/mol. The second-order valence-corrected chi connectivity index (χ2v) is 7.98. The molecule has 1 aliphatic rings. The van der Waals surface area contributed by atoms with E-state index in [0.29, 0.717) is 47.2 Å². The maximum Gasteiger partial charge on any atom is 0.282 e. The van der Waals surface area contributed by atoms with Crippen molar-refractivity contribution in [1.82, 2.24) is 0 Å². The van der Waals surface area contributed by atoms with E-state index >= 15 is 0 Å². The summed E-state index contributed by atoms with van der Waals surface area (Å²) in [6, 6.07) is 20.2. The van der Waals surface area contributed by atoms with Crippen LogP contribution < -0.4 is 19.7 Å². The number of benzene rings is 3. The van der Waals surface area contributed by atoms with Crippen LogP contribution in [0.4, 0.5) is 11.4 Å². The van der Waals surface area contributed by atoms with E-state index in [1.165, 1.54) is 4.90 Å². The standard InChI is InChI=1S/C28H28N2O4/c1-5-33-23-15-13-21(17-24(23)34-6-2)29-26-25(20-10-8-7-9-11-20)27(31)30(28(26)32)22-14-12-18(3)19(4)16-22/h7-17,29H,5-6H2,1-4H3. The van der Waals surface area contributed by atoms with Gasteiger partial charge in [-0.3, -0.25) is 9.59 Å². The molecule has 34 heavy (non-hydrogen) atoms. The molecule has 0 atom stereocenters. The number of carbonyl (C=O) groups is 2. The minimum Gasteiger partial charge on any atom is -0.490 e. The lowest BCUT2D eigenvalue weighted by atomic mass is 10.0. The number of nitrogens with one attached hydrogen (secondary N) is 1. The van der Waals surface area contributed by atoms with Gasteiger partial charge in [0, 0.05) is 11.8 Å². The highest BCUT2D eigenvalue weighted by Gasteiger charge is 2.40. The molecule has 6 nitrogen and oxygen atoms in total. The van der Waals surface area contributed by atoms with Crippen molar-refractivity contribution in [2.45, 2.75) is 27.7 Å². The van der Waals surface area contributed by atoms with Crippen molar-refractivity contribution < 1.29 is 19.1 Å². The van der Waals surface area contributed by atoms with Gasteiger partial charge in [0.15, 0.2) is 11.5 Å². The smallest absolute Gasteiger partial charge is 0.282 e. The first-order valence-corrected chi connectivity index (χ1v) is 11.4. The number of amides is 2. The van der Waals surface area contributed by atoms with Crippen molar-refractivity contribution in [3.05, 3.63) is 89.1 Å². The van der Waals surface area contributed by atoms with Crippen molar-refractivity contribution in [3.8, 4) is 11.5 Å². The van der Waals surface area contributed by atoms with E-state index in [9.17, 15) is 9.59 Å². The fourth-order valence-corrected chi connectivity index (χ4v) is 3.89. The Bertz CT molecular complexity index is 1260. The zero-order valence-electron chi connectivity index (χ0n) is 19.8. The summed E-state index contributed by atoms with van der Waals surface area (Å²) in [7, 11) is 0. The number of aryl methyl sites for hydroxylation is 2. The Morgan fingerprint density at radius 3 is 2.15 bits per heavy atom. The molecule has 0 unspecified atom stereocenters. The Kier molecular flexibility index (Phi) is 6.68. The first kappa shape index (κ1) is 23.1. The van der Waals surface area contributed by atoms with Crippen LogP contribution in [0.1, 0.15) is 30.5 Å². The Morgan fingerprint density at radius 1 is 0.765 bits per heavy atom. The van der Waals surface area contributed by atoms with E-state index in [-0.39, 0.29) is 11.6 Å². The van der Waals surface area contributed by atoms with Crippen LogP contribution in [-0.4, -0.2) is 25.0 Å².